The number of rotatable bonds is 7. The molecule has 1 fully saturated rings. The van der Waals surface area contributed by atoms with Crippen molar-refractivity contribution in [3.05, 3.63) is 51.5 Å². The van der Waals surface area contributed by atoms with E-state index in [2.05, 4.69) is 10.4 Å². The zero-order valence-electron chi connectivity index (χ0n) is 17.7. The average Bonchev–Trinajstić information content (AvgIpc) is 3.24. The van der Waals surface area contributed by atoms with Crippen molar-refractivity contribution in [3.63, 3.8) is 0 Å². The lowest BCUT2D eigenvalue weighted by Gasteiger charge is -2.20. The minimum absolute atomic E-state index is 0.0768. The third-order valence-corrected chi connectivity index (χ3v) is 7.19. The second kappa shape index (κ2) is 9.83. The number of carbonyl (C=O) groups is 2. The Kier molecular flexibility index (Phi) is 6.92. The highest BCUT2D eigenvalue weighted by molar-refractivity contribution is 7.20. The third-order valence-electron chi connectivity index (χ3n) is 5.67. The fourth-order valence-electron chi connectivity index (χ4n) is 3.95. The van der Waals surface area contributed by atoms with E-state index in [1.165, 1.54) is 11.3 Å². The Bertz CT molecular complexity index is 1090. The number of hydrogen-bond donors (Lipinski definition) is 1. The summed E-state index contributed by atoms with van der Waals surface area (Å²) >= 11 is 7.75. The number of amides is 2. The van der Waals surface area contributed by atoms with Gasteiger partial charge < -0.3 is 10.2 Å². The van der Waals surface area contributed by atoms with Crippen LogP contribution in [-0.2, 0) is 11.3 Å². The van der Waals surface area contributed by atoms with Crippen molar-refractivity contribution in [2.75, 3.05) is 19.6 Å². The van der Waals surface area contributed by atoms with Crippen LogP contribution < -0.4 is 5.32 Å². The number of halogens is 1. The van der Waals surface area contributed by atoms with Gasteiger partial charge in [0.1, 0.15) is 4.83 Å². The van der Waals surface area contributed by atoms with E-state index in [4.69, 9.17) is 11.6 Å². The molecule has 1 aromatic carbocycles. The van der Waals surface area contributed by atoms with E-state index < -0.39 is 0 Å². The molecular formula is C23H27ClN4O2S. The van der Waals surface area contributed by atoms with Gasteiger partial charge in [0.2, 0.25) is 5.91 Å². The molecule has 3 aromatic rings. The number of carbonyl (C=O) groups excluding carboxylic acids is 2. The van der Waals surface area contributed by atoms with Gasteiger partial charge in [0.15, 0.2) is 0 Å². The lowest BCUT2D eigenvalue weighted by atomic mass is 10.2. The van der Waals surface area contributed by atoms with Gasteiger partial charge in [-0.15, -0.1) is 11.3 Å². The van der Waals surface area contributed by atoms with Gasteiger partial charge in [-0.25, -0.2) is 0 Å². The number of benzene rings is 1. The van der Waals surface area contributed by atoms with E-state index in [1.807, 2.05) is 46.8 Å². The van der Waals surface area contributed by atoms with Gasteiger partial charge in [-0.3, -0.25) is 14.3 Å². The molecule has 0 atom stereocenters. The molecule has 3 heterocycles. The lowest BCUT2D eigenvalue weighted by Crippen LogP contribution is -2.33. The first kappa shape index (κ1) is 21.8. The highest BCUT2D eigenvalue weighted by Crippen LogP contribution is 2.29. The summed E-state index contributed by atoms with van der Waals surface area (Å²) in [5, 5.41) is 9.34. The van der Waals surface area contributed by atoms with E-state index in [-0.39, 0.29) is 11.8 Å². The van der Waals surface area contributed by atoms with Gasteiger partial charge in [0.05, 0.1) is 17.1 Å². The molecule has 0 spiro atoms. The second-order valence-electron chi connectivity index (χ2n) is 7.96. The Labute approximate surface area is 191 Å². The zero-order chi connectivity index (χ0) is 21.8. The summed E-state index contributed by atoms with van der Waals surface area (Å²) in [4.78, 5) is 28.3. The quantitative estimate of drug-likeness (QED) is 0.525. The maximum atomic E-state index is 12.7. The maximum Gasteiger partial charge on any atom is 0.261 e. The summed E-state index contributed by atoms with van der Waals surface area (Å²) in [5.41, 5.74) is 1.90. The number of aryl methyl sites for hydroxylation is 1. The van der Waals surface area contributed by atoms with Crippen molar-refractivity contribution >= 4 is 45.0 Å². The lowest BCUT2D eigenvalue weighted by molar-refractivity contribution is -0.130. The molecule has 31 heavy (non-hydrogen) atoms. The summed E-state index contributed by atoms with van der Waals surface area (Å²) in [6.45, 7) is 4.62. The van der Waals surface area contributed by atoms with Crippen LogP contribution in [0.4, 0.5) is 0 Å². The molecule has 1 aliphatic rings. The minimum Gasteiger partial charge on any atom is -0.351 e. The van der Waals surface area contributed by atoms with Crippen molar-refractivity contribution in [2.45, 2.75) is 45.6 Å². The molecule has 6 nitrogen and oxygen atoms in total. The number of aromatic nitrogens is 2. The van der Waals surface area contributed by atoms with E-state index in [1.54, 1.807) is 0 Å². The summed E-state index contributed by atoms with van der Waals surface area (Å²) in [6, 6.07) is 9.64. The molecule has 0 radical (unpaired) electrons. The first-order valence-electron chi connectivity index (χ1n) is 10.8. The monoisotopic (exact) mass is 458 g/mol. The number of likely N-dealkylation sites (tertiary alicyclic amines) is 1. The number of nitrogens with zero attached hydrogens (tertiary/aromatic N) is 3. The molecule has 1 aliphatic heterocycles. The van der Waals surface area contributed by atoms with Crippen LogP contribution in [0.1, 0.15) is 53.0 Å². The first-order chi connectivity index (χ1) is 15.0. The van der Waals surface area contributed by atoms with Gasteiger partial charge in [0.25, 0.3) is 5.91 Å². The summed E-state index contributed by atoms with van der Waals surface area (Å²) in [5.74, 6) is 0.166. The molecule has 1 N–H and O–H groups in total. The molecule has 0 bridgehead atoms. The molecule has 1 saturated heterocycles. The Balaban J connectivity index is 1.37. The summed E-state index contributed by atoms with van der Waals surface area (Å²) in [6.07, 6.45) is 4.61. The van der Waals surface area contributed by atoms with Crippen LogP contribution in [0.5, 0.6) is 0 Å². The normalized spacial score (nSPS) is 14.8. The van der Waals surface area contributed by atoms with Gasteiger partial charge in [-0.05, 0) is 43.9 Å². The molecule has 4 rings (SSSR count). The van der Waals surface area contributed by atoms with E-state index in [0.29, 0.717) is 36.0 Å². The van der Waals surface area contributed by atoms with Gasteiger partial charge >= 0.3 is 0 Å². The van der Waals surface area contributed by atoms with Crippen molar-refractivity contribution in [2.24, 2.45) is 0 Å². The molecule has 0 aliphatic carbocycles. The van der Waals surface area contributed by atoms with Crippen molar-refractivity contribution in [1.29, 1.82) is 0 Å². The van der Waals surface area contributed by atoms with E-state index >= 15 is 0 Å². The van der Waals surface area contributed by atoms with Crippen LogP contribution in [0.2, 0.25) is 5.02 Å². The van der Waals surface area contributed by atoms with Crippen molar-refractivity contribution in [1.82, 2.24) is 20.0 Å². The minimum atomic E-state index is -0.0768. The van der Waals surface area contributed by atoms with Crippen LogP contribution in [0, 0.1) is 6.92 Å². The van der Waals surface area contributed by atoms with Gasteiger partial charge in [-0.1, -0.05) is 36.2 Å². The maximum absolute atomic E-state index is 12.7. The van der Waals surface area contributed by atoms with Crippen LogP contribution in [0.25, 0.3) is 10.2 Å². The summed E-state index contributed by atoms with van der Waals surface area (Å²) < 4.78 is 1.91. The van der Waals surface area contributed by atoms with Crippen LogP contribution in [0.15, 0.2) is 30.3 Å². The van der Waals surface area contributed by atoms with Gasteiger partial charge in [0, 0.05) is 36.5 Å². The fraction of sp³-hybridized carbons (Fsp3) is 0.435. The van der Waals surface area contributed by atoms with Crippen molar-refractivity contribution in [3.8, 4) is 0 Å². The Morgan fingerprint density at radius 3 is 2.94 bits per heavy atom. The molecule has 2 aromatic heterocycles. The van der Waals surface area contributed by atoms with Crippen LogP contribution in [0.3, 0.4) is 0 Å². The molecular weight excluding hydrogens is 432 g/mol. The predicted octanol–water partition coefficient (Wildman–Crippen LogP) is 4.63. The molecule has 164 valence electrons. The largest absolute Gasteiger partial charge is 0.351 e. The van der Waals surface area contributed by atoms with Crippen LogP contribution >= 0.6 is 22.9 Å². The smallest absolute Gasteiger partial charge is 0.261 e. The second-order valence-corrected chi connectivity index (χ2v) is 9.40. The van der Waals surface area contributed by atoms with E-state index in [0.717, 1.165) is 53.7 Å². The molecule has 8 heteroatoms. The number of hydrogen-bond acceptors (Lipinski definition) is 4. The molecule has 0 unspecified atom stereocenters. The number of nitrogens with one attached hydrogen (secondary N) is 1. The van der Waals surface area contributed by atoms with Crippen LogP contribution in [-0.4, -0.2) is 46.1 Å². The summed E-state index contributed by atoms with van der Waals surface area (Å²) in [7, 11) is 0. The first-order valence-corrected chi connectivity index (χ1v) is 12.0. The van der Waals surface area contributed by atoms with E-state index in [9.17, 15) is 9.59 Å². The Morgan fingerprint density at radius 2 is 2.10 bits per heavy atom. The van der Waals surface area contributed by atoms with Crippen molar-refractivity contribution < 1.29 is 9.59 Å². The third kappa shape index (κ3) is 5.10. The highest BCUT2D eigenvalue weighted by Gasteiger charge is 2.18. The topological polar surface area (TPSA) is 67.2 Å². The fourth-order valence-corrected chi connectivity index (χ4v) is 5.23. The molecule has 2 amide bonds. The Morgan fingerprint density at radius 1 is 1.26 bits per heavy atom. The number of fused-ring (bicyclic) bond motifs is 1. The highest BCUT2D eigenvalue weighted by atomic mass is 35.5. The predicted molar refractivity (Wildman–Crippen MR) is 125 cm³/mol. The SMILES string of the molecule is Cc1nn(Cc2ccccc2Cl)c2sc(C(=O)NCCCN3CCCCCC3=O)cc12. The number of thiophene rings is 1. The zero-order valence-corrected chi connectivity index (χ0v) is 19.3. The standard InChI is InChI=1S/C23H27ClN4O2S/c1-16-18-14-20(22(30)25-11-7-13-27-12-6-2-3-10-21(27)29)31-23(18)28(26-16)15-17-8-4-5-9-19(17)24/h4-5,8-9,14H,2-3,6-7,10-13,15H2,1H3,(H,25,30). The average molecular weight is 459 g/mol. The van der Waals surface area contributed by atoms with Gasteiger partial charge in [-0.2, -0.15) is 5.10 Å². The molecule has 0 saturated carbocycles. The Hall–Kier alpha value is -2.38.